The number of aryl methyl sites for hydroxylation is 2. The Morgan fingerprint density at radius 1 is 0.914 bits per heavy atom. The van der Waals surface area contributed by atoms with Crippen molar-refractivity contribution in [3.8, 4) is 11.5 Å². The molecule has 35 heavy (non-hydrogen) atoms. The molecule has 1 heterocycles. The van der Waals surface area contributed by atoms with Gasteiger partial charge in [0.25, 0.3) is 0 Å². The standard InChI is InChI=1S/C31H38N2O2/c1-22(2)26-17-12-23(3)20-29(26)34-19-9-18-33-28-11-8-7-10-27(28)32-30(33)21-35-25-15-13-24(14-16-25)31(4,5)6/h7-8,10-17,20,22H,9,18-19,21H2,1-6H3. The molecule has 0 unspecified atom stereocenters. The number of imidazole rings is 1. The van der Waals surface area contributed by atoms with Gasteiger partial charge in [0.05, 0.1) is 17.6 Å². The summed E-state index contributed by atoms with van der Waals surface area (Å²) in [6.07, 6.45) is 0.888. The van der Waals surface area contributed by atoms with Crippen LogP contribution in [0.15, 0.2) is 66.7 Å². The Morgan fingerprint density at radius 2 is 1.66 bits per heavy atom. The first-order valence-corrected chi connectivity index (χ1v) is 12.6. The number of aromatic nitrogens is 2. The van der Waals surface area contributed by atoms with Crippen LogP contribution in [0.2, 0.25) is 0 Å². The zero-order valence-electron chi connectivity index (χ0n) is 22.0. The lowest BCUT2D eigenvalue weighted by Gasteiger charge is -2.19. The Balaban J connectivity index is 1.44. The first kappa shape index (κ1) is 24.8. The Kier molecular flexibility index (Phi) is 7.49. The first-order valence-electron chi connectivity index (χ1n) is 12.6. The van der Waals surface area contributed by atoms with Gasteiger partial charge in [0, 0.05) is 6.54 Å². The highest BCUT2D eigenvalue weighted by atomic mass is 16.5. The molecule has 0 aliphatic carbocycles. The van der Waals surface area contributed by atoms with Crippen molar-refractivity contribution >= 4 is 11.0 Å². The number of para-hydroxylation sites is 2. The molecule has 3 aromatic carbocycles. The van der Waals surface area contributed by atoms with Gasteiger partial charge in [-0.15, -0.1) is 0 Å². The molecule has 4 rings (SSSR count). The molecule has 4 aromatic rings. The van der Waals surface area contributed by atoms with Gasteiger partial charge in [0.1, 0.15) is 23.9 Å². The van der Waals surface area contributed by atoms with Crippen molar-refractivity contribution in [3.05, 3.63) is 89.2 Å². The summed E-state index contributed by atoms with van der Waals surface area (Å²) in [7, 11) is 0. The van der Waals surface area contributed by atoms with Crippen molar-refractivity contribution in [2.45, 2.75) is 72.4 Å². The SMILES string of the molecule is Cc1ccc(C(C)C)c(OCCCn2c(COc3ccc(C(C)(C)C)cc3)nc3ccccc32)c1. The van der Waals surface area contributed by atoms with Gasteiger partial charge in [-0.25, -0.2) is 4.98 Å². The lowest BCUT2D eigenvalue weighted by molar-refractivity contribution is 0.279. The maximum Gasteiger partial charge on any atom is 0.147 e. The lowest BCUT2D eigenvalue weighted by Crippen LogP contribution is -2.11. The second kappa shape index (κ2) is 10.6. The predicted octanol–water partition coefficient (Wildman–Crippen LogP) is 7.81. The van der Waals surface area contributed by atoms with Gasteiger partial charge in [-0.2, -0.15) is 0 Å². The Labute approximate surface area is 209 Å². The van der Waals surface area contributed by atoms with Crippen LogP contribution in [0, 0.1) is 6.92 Å². The summed E-state index contributed by atoms with van der Waals surface area (Å²) < 4.78 is 14.6. The average molecular weight is 471 g/mol. The van der Waals surface area contributed by atoms with Crippen LogP contribution in [0.5, 0.6) is 11.5 Å². The van der Waals surface area contributed by atoms with Gasteiger partial charge in [-0.1, -0.05) is 71.0 Å². The van der Waals surface area contributed by atoms with Gasteiger partial charge in [0.15, 0.2) is 0 Å². The van der Waals surface area contributed by atoms with E-state index in [-0.39, 0.29) is 5.41 Å². The molecule has 0 saturated heterocycles. The molecule has 184 valence electrons. The number of hydrogen-bond donors (Lipinski definition) is 0. The second-order valence-corrected chi connectivity index (χ2v) is 10.6. The molecule has 0 spiro atoms. The lowest BCUT2D eigenvalue weighted by atomic mass is 9.87. The van der Waals surface area contributed by atoms with Crippen molar-refractivity contribution in [2.75, 3.05) is 6.61 Å². The fourth-order valence-corrected chi connectivity index (χ4v) is 4.33. The summed E-state index contributed by atoms with van der Waals surface area (Å²) in [5.41, 5.74) is 6.04. The summed E-state index contributed by atoms with van der Waals surface area (Å²) in [6.45, 7) is 15.1. The molecule has 0 aliphatic heterocycles. The Morgan fingerprint density at radius 3 is 2.37 bits per heavy atom. The first-order chi connectivity index (χ1) is 16.7. The van der Waals surface area contributed by atoms with Gasteiger partial charge in [0.2, 0.25) is 0 Å². The van der Waals surface area contributed by atoms with Crippen LogP contribution >= 0.6 is 0 Å². The van der Waals surface area contributed by atoms with E-state index in [4.69, 9.17) is 14.5 Å². The van der Waals surface area contributed by atoms with E-state index in [1.807, 2.05) is 6.07 Å². The number of hydrogen-bond acceptors (Lipinski definition) is 3. The van der Waals surface area contributed by atoms with Gasteiger partial charge in [-0.3, -0.25) is 0 Å². The van der Waals surface area contributed by atoms with E-state index in [1.165, 1.54) is 16.7 Å². The predicted molar refractivity (Wildman–Crippen MR) is 145 cm³/mol. The molecule has 0 bridgehead atoms. The van der Waals surface area contributed by atoms with E-state index in [9.17, 15) is 0 Å². The molecule has 4 nitrogen and oxygen atoms in total. The normalized spacial score (nSPS) is 11.9. The van der Waals surface area contributed by atoms with Crippen molar-refractivity contribution in [1.29, 1.82) is 0 Å². The van der Waals surface area contributed by atoms with E-state index in [0.717, 1.165) is 41.3 Å². The van der Waals surface area contributed by atoms with Crippen molar-refractivity contribution in [2.24, 2.45) is 0 Å². The third-order valence-electron chi connectivity index (χ3n) is 6.40. The second-order valence-electron chi connectivity index (χ2n) is 10.6. The highest BCUT2D eigenvalue weighted by Gasteiger charge is 2.15. The van der Waals surface area contributed by atoms with Gasteiger partial charge >= 0.3 is 0 Å². The molecule has 0 radical (unpaired) electrons. The van der Waals surface area contributed by atoms with E-state index in [0.29, 0.717) is 19.1 Å². The zero-order valence-corrected chi connectivity index (χ0v) is 22.0. The number of benzene rings is 3. The van der Waals surface area contributed by atoms with E-state index in [1.54, 1.807) is 0 Å². The summed E-state index contributed by atoms with van der Waals surface area (Å²) in [5, 5.41) is 0. The van der Waals surface area contributed by atoms with Crippen LogP contribution in [0.3, 0.4) is 0 Å². The number of ether oxygens (including phenoxy) is 2. The molecular weight excluding hydrogens is 432 g/mol. The fourth-order valence-electron chi connectivity index (χ4n) is 4.33. The minimum Gasteiger partial charge on any atom is -0.493 e. The molecular formula is C31H38N2O2. The van der Waals surface area contributed by atoms with E-state index < -0.39 is 0 Å². The topological polar surface area (TPSA) is 36.3 Å². The third kappa shape index (κ3) is 6.05. The maximum absolute atomic E-state index is 6.23. The molecule has 0 N–H and O–H groups in total. The summed E-state index contributed by atoms with van der Waals surface area (Å²) in [5.74, 6) is 3.23. The fraction of sp³-hybridized carbons (Fsp3) is 0.387. The number of nitrogens with zero attached hydrogens (tertiary/aromatic N) is 2. The third-order valence-corrected chi connectivity index (χ3v) is 6.40. The Hall–Kier alpha value is -3.27. The molecule has 0 amide bonds. The summed E-state index contributed by atoms with van der Waals surface area (Å²) >= 11 is 0. The maximum atomic E-state index is 6.23. The molecule has 0 saturated carbocycles. The highest BCUT2D eigenvalue weighted by molar-refractivity contribution is 5.75. The van der Waals surface area contributed by atoms with Crippen LogP contribution in [-0.2, 0) is 18.6 Å². The van der Waals surface area contributed by atoms with Crippen LogP contribution in [-0.4, -0.2) is 16.2 Å². The van der Waals surface area contributed by atoms with Gasteiger partial charge in [-0.05, 0) is 71.7 Å². The molecule has 4 heteroatoms. The quantitative estimate of drug-likeness (QED) is 0.234. The van der Waals surface area contributed by atoms with E-state index in [2.05, 4.69) is 107 Å². The van der Waals surface area contributed by atoms with Crippen LogP contribution in [0.25, 0.3) is 11.0 Å². The van der Waals surface area contributed by atoms with E-state index >= 15 is 0 Å². The highest BCUT2D eigenvalue weighted by Crippen LogP contribution is 2.28. The zero-order chi connectivity index (χ0) is 25.0. The monoisotopic (exact) mass is 470 g/mol. The Bertz CT molecular complexity index is 1260. The summed E-state index contributed by atoms with van der Waals surface area (Å²) in [6, 6.07) is 23.2. The molecule has 0 atom stereocenters. The number of rotatable bonds is 9. The minimum absolute atomic E-state index is 0.128. The molecule has 1 aromatic heterocycles. The van der Waals surface area contributed by atoms with Gasteiger partial charge < -0.3 is 14.0 Å². The van der Waals surface area contributed by atoms with Crippen LogP contribution in [0.1, 0.15) is 69.5 Å². The summed E-state index contributed by atoms with van der Waals surface area (Å²) in [4.78, 5) is 4.87. The van der Waals surface area contributed by atoms with Crippen LogP contribution < -0.4 is 9.47 Å². The minimum atomic E-state index is 0.128. The average Bonchev–Trinajstić information content (AvgIpc) is 3.17. The van der Waals surface area contributed by atoms with Crippen molar-refractivity contribution < 1.29 is 9.47 Å². The van der Waals surface area contributed by atoms with Crippen LogP contribution in [0.4, 0.5) is 0 Å². The smallest absolute Gasteiger partial charge is 0.147 e. The molecule has 0 fully saturated rings. The number of fused-ring (bicyclic) bond motifs is 1. The largest absolute Gasteiger partial charge is 0.493 e. The van der Waals surface area contributed by atoms with Crippen molar-refractivity contribution in [1.82, 2.24) is 9.55 Å². The molecule has 0 aliphatic rings. The van der Waals surface area contributed by atoms with Crippen molar-refractivity contribution in [3.63, 3.8) is 0 Å².